The van der Waals surface area contributed by atoms with Crippen molar-refractivity contribution in [2.24, 2.45) is 0 Å². The quantitative estimate of drug-likeness (QED) is 0.733. The van der Waals surface area contributed by atoms with Crippen LogP contribution in [0.15, 0.2) is 6.20 Å². The minimum atomic E-state index is -0.395. The average Bonchev–Trinajstić information content (AvgIpc) is 2.56. The van der Waals surface area contributed by atoms with Crippen molar-refractivity contribution in [3.63, 3.8) is 0 Å². The van der Waals surface area contributed by atoms with Crippen LogP contribution in [0.25, 0.3) is 0 Å². The number of nitrogen functional groups attached to an aromatic ring is 1. The molecule has 2 heterocycles. The highest BCUT2D eigenvalue weighted by atomic mass is 19.1. The van der Waals surface area contributed by atoms with E-state index in [1.807, 2.05) is 4.90 Å². The van der Waals surface area contributed by atoms with Crippen molar-refractivity contribution in [3.8, 4) is 0 Å². The molecule has 1 aromatic rings. The molecule has 1 saturated heterocycles. The molecule has 0 amide bonds. The third-order valence-corrected chi connectivity index (χ3v) is 2.57. The van der Waals surface area contributed by atoms with Gasteiger partial charge in [-0.25, -0.2) is 9.37 Å². The Labute approximate surface area is 82.0 Å². The molecule has 1 aromatic heterocycles. The summed E-state index contributed by atoms with van der Waals surface area (Å²) in [5.74, 6) is 0.0657. The molecule has 14 heavy (non-hydrogen) atoms. The first-order valence-electron chi connectivity index (χ1n) is 4.73. The molecule has 5 heteroatoms. The van der Waals surface area contributed by atoms with Gasteiger partial charge in [0.25, 0.3) is 0 Å². The number of aromatic nitrogens is 2. The minimum absolute atomic E-state index is 0.125. The number of rotatable bonds is 1. The van der Waals surface area contributed by atoms with Crippen molar-refractivity contribution in [2.75, 3.05) is 17.2 Å². The van der Waals surface area contributed by atoms with E-state index in [0.29, 0.717) is 11.9 Å². The normalized spacial score (nSPS) is 21.6. The number of hydrogen-bond acceptors (Lipinski definition) is 4. The Kier molecular flexibility index (Phi) is 2.23. The van der Waals surface area contributed by atoms with Gasteiger partial charge in [0.1, 0.15) is 0 Å². The van der Waals surface area contributed by atoms with Crippen LogP contribution in [-0.4, -0.2) is 22.6 Å². The first-order chi connectivity index (χ1) is 6.68. The van der Waals surface area contributed by atoms with Gasteiger partial charge in [0.2, 0.25) is 5.95 Å². The summed E-state index contributed by atoms with van der Waals surface area (Å²) >= 11 is 0. The zero-order chi connectivity index (χ0) is 10.1. The molecule has 1 atom stereocenters. The van der Waals surface area contributed by atoms with E-state index in [0.717, 1.165) is 25.6 Å². The molecule has 2 rings (SSSR count). The topological polar surface area (TPSA) is 55.0 Å². The van der Waals surface area contributed by atoms with Crippen LogP contribution in [0.5, 0.6) is 0 Å². The maximum atomic E-state index is 13.4. The molecule has 1 unspecified atom stereocenters. The summed E-state index contributed by atoms with van der Waals surface area (Å²) in [4.78, 5) is 9.46. The zero-order valence-corrected chi connectivity index (χ0v) is 8.07. The van der Waals surface area contributed by atoms with Gasteiger partial charge >= 0.3 is 0 Å². The Balaban J connectivity index is 2.34. The highest BCUT2D eigenvalue weighted by Crippen LogP contribution is 2.25. The molecule has 1 fully saturated rings. The maximum absolute atomic E-state index is 13.4. The van der Waals surface area contributed by atoms with Gasteiger partial charge in [0.15, 0.2) is 11.6 Å². The summed E-state index contributed by atoms with van der Waals surface area (Å²) in [6.45, 7) is 2.90. The Morgan fingerprint density at radius 1 is 1.64 bits per heavy atom. The molecule has 0 bridgehead atoms. The number of hydrogen-bond donors (Lipinski definition) is 1. The molecule has 4 nitrogen and oxygen atoms in total. The fraction of sp³-hybridized carbons (Fsp3) is 0.556. The lowest BCUT2D eigenvalue weighted by molar-refractivity contribution is 0.598. The smallest absolute Gasteiger partial charge is 0.222 e. The van der Waals surface area contributed by atoms with Crippen LogP contribution in [0.3, 0.4) is 0 Å². The second-order valence-corrected chi connectivity index (χ2v) is 3.58. The molecule has 1 aliphatic heterocycles. The highest BCUT2D eigenvalue weighted by molar-refractivity contribution is 5.44. The Morgan fingerprint density at radius 2 is 2.43 bits per heavy atom. The fourth-order valence-electron chi connectivity index (χ4n) is 1.82. The van der Waals surface area contributed by atoms with E-state index in [9.17, 15) is 4.39 Å². The van der Waals surface area contributed by atoms with E-state index in [4.69, 9.17) is 5.73 Å². The molecule has 76 valence electrons. The fourth-order valence-corrected chi connectivity index (χ4v) is 1.82. The lowest BCUT2D eigenvalue weighted by Gasteiger charge is -2.22. The van der Waals surface area contributed by atoms with Crippen LogP contribution in [-0.2, 0) is 0 Å². The Bertz CT molecular complexity index is 342. The molecular weight excluding hydrogens is 183 g/mol. The molecule has 0 aromatic carbocycles. The first kappa shape index (κ1) is 9.18. The van der Waals surface area contributed by atoms with Crippen LogP contribution in [0.2, 0.25) is 0 Å². The van der Waals surface area contributed by atoms with Gasteiger partial charge in [0, 0.05) is 12.6 Å². The van der Waals surface area contributed by atoms with E-state index in [1.54, 1.807) is 0 Å². The lowest BCUT2D eigenvalue weighted by Crippen LogP contribution is -2.28. The SMILES string of the molecule is CC1CCCN1c1nc(N)ncc1F. The second-order valence-electron chi connectivity index (χ2n) is 3.58. The summed E-state index contributed by atoms with van der Waals surface area (Å²) in [5, 5.41) is 0. The summed E-state index contributed by atoms with van der Waals surface area (Å²) in [6, 6.07) is 0.332. The van der Waals surface area contributed by atoms with Crippen LogP contribution >= 0.6 is 0 Å². The standard InChI is InChI=1S/C9H13FN4/c1-6-3-2-4-14(6)8-7(10)5-12-9(11)13-8/h5-6H,2-4H2,1H3,(H2,11,12,13). The van der Waals surface area contributed by atoms with Crippen molar-refractivity contribution in [1.29, 1.82) is 0 Å². The highest BCUT2D eigenvalue weighted by Gasteiger charge is 2.24. The van der Waals surface area contributed by atoms with Gasteiger partial charge in [-0.05, 0) is 19.8 Å². The van der Waals surface area contributed by atoms with E-state index < -0.39 is 5.82 Å². The zero-order valence-electron chi connectivity index (χ0n) is 8.07. The van der Waals surface area contributed by atoms with Crippen molar-refractivity contribution in [3.05, 3.63) is 12.0 Å². The molecule has 0 saturated carbocycles. The molecule has 0 radical (unpaired) electrons. The van der Waals surface area contributed by atoms with E-state index in [2.05, 4.69) is 16.9 Å². The average molecular weight is 196 g/mol. The minimum Gasteiger partial charge on any atom is -0.368 e. The number of halogens is 1. The van der Waals surface area contributed by atoms with E-state index >= 15 is 0 Å². The van der Waals surface area contributed by atoms with Crippen LogP contribution in [0, 0.1) is 5.82 Å². The van der Waals surface area contributed by atoms with Gasteiger partial charge < -0.3 is 10.6 Å². The molecule has 1 aliphatic rings. The van der Waals surface area contributed by atoms with Crippen LogP contribution in [0.4, 0.5) is 16.2 Å². The summed E-state index contributed by atoms with van der Waals surface area (Å²) in [6.07, 6.45) is 3.27. The van der Waals surface area contributed by atoms with Crippen LogP contribution < -0.4 is 10.6 Å². The van der Waals surface area contributed by atoms with Crippen LogP contribution in [0.1, 0.15) is 19.8 Å². The van der Waals surface area contributed by atoms with Gasteiger partial charge in [-0.15, -0.1) is 0 Å². The van der Waals surface area contributed by atoms with Gasteiger partial charge in [-0.1, -0.05) is 0 Å². The van der Waals surface area contributed by atoms with Crippen molar-refractivity contribution in [1.82, 2.24) is 9.97 Å². The number of anilines is 2. The van der Waals surface area contributed by atoms with Crippen molar-refractivity contribution >= 4 is 11.8 Å². The third kappa shape index (κ3) is 1.49. The molecule has 0 aliphatic carbocycles. The van der Waals surface area contributed by atoms with Crippen molar-refractivity contribution < 1.29 is 4.39 Å². The first-order valence-corrected chi connectivity index (χ1v) is 4.73. The third-order valence-electron chi connectivity index (χ3n) is 2.57. The van der Waals surface area contributed by atoms with Gasteiger partial charge in [-0.3, -0.25) is 0 Å². The monoisotopic (exact) mass is 196 g/mol. The summed E-state index contributed by atoms with van der Waals surface area (Å²) in [7, 11) is 0. The van der Waals surface area contributed by atoms with Crippen molar-refractivity contribution in [2.45, 2.75) is 25.8 Å². The van der Waals surface area contributed by atoms with E-state index in [-0.39, 0.29) is 5.95 Å². The Hall–Kier alpha value is -1.39. The Morgan fingerprint density at radius 3 is 3.07 bits per heavy atom. The van der Waals surface area contributed by atoms with Gasteiger partial charge in [-0.2, -0.15) is 4.98 Å². The number of nitrogens with zero attached hydrogens (tertiary/aromatic N) is 3. The van der Waals surface area contributed by atoms with Gasteiger partial charge in [0.05, 0.1) is 6.20 Å². The number of nitrogens with two attached hydrogens (primary N) is 1. The maximum Gasteiger partial charge on any atom is 0.222 e. The summed E-state index contributed by atoms with van der Waals surface area (Å²) in [5.41, 5.74) is 5.42. The van der Waals surface area contributed by atoms with E-state index in [1.165, 1.54) is 0 Å². The predicted molar refractivity (Wildman–Crippen MR) is 52.4 cm³/mol. The second kappa shape index (κ2) is 3.40. The molecule has 2 N–H and O–H groups in total. The molecule has 0 spiro atoms. The lowest BCUT2D eigenvalue weighted by atomic mass is 10.2. The molecular formula is C9H13FN4. The predicted octanol–water partition coefficient (Wildman–Crippen LogP) is 1.19. The largest absolute Gasteiger partial charge is 0.368 e. The summed E-state index contributed by atoms with van der Waals surface area (Å²) < 4.78 is 13.4.